The highest BCUT2D eigenvalue weighted by molar-refractivity contribution is 7.99. The molecule has 1 aromatic heterocycles. The van der Waals surface area contributed by atoms with E-state index in [1.165, 1.54) is 20.7 Å². The zero-order valence-electron chi connectivity index (χ0n) is 20.9. The van der Waals surface area contributed by atoms with Crippen LogP contribution in [-0.4, -0.2) is 68.0 Å². The second kappa shape index (κ2) is 12.7. The molecule has 2 heterocycles. The third-order valence-corrected chi connectivity index (χ3v) is 8.49. The van der Waals surface area contributed by atoms with Crippen molar-refractivity contribution in [3.8, 4) is 5.75 Å². The number of thiazole rings is 1. The Balaban J connectivity index is 1.38. The minimum Gasteiger partial charge on any atom is -0.497 e. The first-order valence-electron chi connectivity index (χ1n) is 12.3. The number of amides is 1. The molecule has 2 aromatic carbocycles. The van der Waals surface area contributed by atoms with Gasteiger partial charge in [-0.2, -0.15) is 0 Å². The summed E-state index contributed by atoms with van der Waals surface area (Å²) in [6.07, 6.45) is 2.29. The van der Waals surface area contributed by atoms with Gasteiger partial charge in [-0.1, -0.05) is 17.4 Å². The SMILES string of the molecule is COc1ccc(SCCCC(=O)N(CCCN2CCOCC2)c2nc3cc(C)cc(C)c3s2)cc1. The van der Waals surface area contributed by atoms with Gasteiger partial charge in [0, 0.05) is 37.5 Å². The summed E-state index contributed by atoms with van der Waals surface area (Å²) in [6.45, 7) is 9.42. The molecule has 1 fully saturated rings. The third-order valence-electron chi connectivity index (χ3n) is 6.16. The molecule has 6 nitrogen and oxygen atoms in total. The minimum absolute atomic E-state index is 0.163. The van der Waals surface area contributed by atoms with E-state index in [1.807, 2.05) is 17.0 Å². The lowest BCUT2D eigenvalue weighted by Gasteiger charge is -2.27. The molecule has 0 unspecified atom stereocenters. The average molecular weight is 514 g/mol. The maximum atomic E-state index is 13.4. The number of aromatic nitrogens is 1. The standard InChI is InChI=1S/C27H35N3O3S2/c1-20-18-21(2)26-24(19-20)28-27(35-26)30(12-5-11-29-13-15-33-16-14-29)25(31)6-4-17-34-23-9-7-22(32-3)8-10-23/h7-10,18-19H,4-6,11-17H2,1-3H3. The van der Waals surface area contributed by atoms with Crippen molar-refractivity contribution < 1.29 is 14.3 Å². The molecule has 0 aliphatic carbocycles. The van der Waals surface area contributed by atoms with Crippen LogP contribution >= 0.6 is 23.1 Å². The third kappa shape index (κ3) is 7.19. The molecular weight excluding hydrogens is 478 g/mol. The van der Waals surface area contributed by atoms with Crippen LogP contribution in [0.3, 0.4) is 0 Å². The number of aryl methyl sites for hydroxylation is 2. The minimum atomic E-state index is 0.163. The Morgan fingerprint density at radius 2 is 1.94 bits per heavy atom. The molecule has 35 heavy (non-hydrogen) atoms. The maximum absolute atomic E-state index is 13.4. The number of anilines is 1. The fraction of sp³-hybridized carbons (Fsp3) is 0.481. The highest BCUT2D eigenvalue weighted by Gasteiger charge is 2.21. The molecule has 0 atom stereocenters. The monoisotopic (exact) mass is 513 g/mol. The van der Waals surface area contributed by atoms with Crippen LogP contribution in [-0.2, 0) is 9.53 Å². The van der Waals surface area contributed by atoms with Crippen molar-refractivity contribution in [1.82, 2.24) is 9.88 Å². The number of rotatable bonds is 11. The lowest BCUT2D eigenvalue weighted by molar-refractivity contribution is -0.118. The summed E-state index contributed by atoms with van der Waals surface area (Å²) in [7, 11) is 1.67. The quantitative estimate of drug-likeness (QED) is 0.248. The summed E-state index contributed by atoms with van der Waals surface area (Å²) < 4.78 is 11.9. The van der Waals surface area contributed by atoms with Crippen LogP contribution in [0.2, 0.25) is 0 Å². The van der Waals surface area contributed by atoms with Crippen molar-refractivity contribution in [2.75, 3.05) is 57.2 Å². The van der Waals surface area contributed by atoms with E-state index in [1.54, 1.807) is 30.2 Å². The highest BCUT2D eigenvalue weighted by Crippen LogP contribution is 2.33. The predicted octanol–water partition coefficient (Wildman–Crippen LogP) is 5.55. The summed E-state index contributed by atoms with van der Waals surface area (Å²) >= 11 is 3.41. The first-order chi connectivity index (χ1) is 17.0. The topological polar surface area (TPSA) is 54.9 Å². The summed E-state index contributed by atoms with van der Waals surface area (Å²) in [5.74, 6) is 1.92. The van der Waals surface area contributed by atoms with Crippen molar-refractivity contribution in [2.45, 2.75) is 38.0 Å². The van der Waals surface area contributed by atoms with Crippen LogP contribution in [0.5, 0.6) is 5.75 Å². The number of hydrogen-bond acceptors (Lipinski definition) is 7. The van der Waals surface area contributed by atoms with Crippen LogP contribution < -0.4 is 9.64 Å². The highest BCUT2D eigenvalue weighted by atomic mass is 32.2. The van der Waals surface area contributed by atoms with Gasteiger partial charge in [0.2, 0.25) is 5.91 Å². The molecule has 0 bridgehead atoms. The van der Waals surface area contributed by atoms with Gasteiger partial charge >= 0.3 is 0 Å². The van der Waals surface area contributed by atoms with Gasteiger partial charge < -0.3 is 9.47 Å². The number of thioether (sulfide) groups is 1. The zero-order valence-corrected chi connectivity index (χ0v) is 22.6. The number of benzene rings is 2. The van der Waals surface area contributed by atoms with Gasteiger partial charge in [-0.3, -0.25) is 14.6 Å². The Morgan fingerprint density at radius 3 is 2.69 bits per heavy atom. The van der Waals surface area contributed by atoms with Gasteiger partial charge in [0.1, 0.15) is 5.75 Å². The number of hydrogen-bond donors (Lipinski definition) is 0. The Labute approximate surface area is 216 Å². The first-order valence-corrected chi connectivity index (χ1v) is 14.1. The molecule has 1 aliphatic heterocycles. The van der Waals surface area contributed by atoms with Gasteiger partial charge in [0.05, 0.1) is 30.5 Å². The summed E-state index contributed by atoms with van der Waals surface area (Å²) in [4.78, 5) is 23.8. The Bertz CT molecular complexity index is 1110. The molecule has 4 rings (SSSR count). The van der Waals surface area contributed by atoms with E-state index in [4.69, 9.17) is 14.5 Å². The van der Waals surface area contributed by atoms with Crippen LogP contribution in [0.1, 0.15) is 30.4 Å². The zero-order chi connectivity index (χ0) is 24.6. The fourth-order valence-electron chi connectivity index (χ4n) is 4.30. The van der Waals surface area contributed by atoms with Crippen LogP contribution in [0.4, 0.5) is 5.13 Å². The number of morpholine rings is 1. The van der Waals surface area contributed by atoms with Gasteiger partial charge in [0.15, 0.2) is 5.13 Å². The molecule has 0 saturated carbocycles. The van der Waals surface area contributed by atoms with E-state index in [0.29, 0.717) is 13.0 Å². The van der Waals surface area contributed by atoms with E-state index in [0.717, 1.165) is 67.8 Å². The second-order valence-electron chi connectivity index (χ2n) is 8.91. The number of carbonyl (C=O) groups is 1. The van der Waals surface area contributed by atoms with Gasteiger partial charge in [0.25, 0.3) is 0 Å². The fourth-order valence-corrected chi connectivity index (χ4v) is 6.22. The molecule has 188 valence electrons. The lowest BCUT2D eigenvalue weighted by atomic mass is 10.1. The van der Waals surface area contributed by atoms with Crippen LogP contribution in [0.25, 0.3) is 10.2 Å². The molecule has 0 radical (unpaired) electrons. The average Bonchev–Trinajstić information content (AvgIpc) is 3.29. The lowest BCUT2D eigenvalue weighted by Crippen LogP contribution is -2.39. The van der Waals surface area contributed by atoms with E-state index < -0.39 is 0 Å². The largest absolute Gasteiger partial charge is 0.497 e. The molecular formula is C27H35N3O3S2. The van der Waals surface area contributed by atoms with Gasteiger partial charge in [-0.05, 0) is 73.9 Å². The van der Waals surface area contributed by atoms with E-state index >= 15 is 0 Å². The molecule has 0 spiro atoms. The second-order valence-corrected chi connectivity index (χ2v) is 11.1. The smallest absolute Gasteiger partial charge is 0.228 e. The molecule has 1 aliphatic rings. The number of ether oxygens (including phenoxy) is 2. The Morgan fingerprint density at radius 1 is 1.17 bits per heavy atom. The number of nitrogens with zero attached hydrogens (tertiary/aromatic N) is 3. The van der Waals surface area contributed by atoms with Crippen molar-refractivity contribution >= 4 is 44.4 Å². The molecule has 8 heteroatoms. The molecule has 0 N–H and O–H groups in total. The summed E-state index contributed by atoms with van der Waals surface area (Å²) in [5.41, 5.74) is 3.41. The Kier molecular flexibility index (Phi) is 9.43. The van der Waals surface area contributed by atoms with E-state index in [2.05, 4.69) is 43.0 Å². The predicted molar refractivity (Wildman–Crippen MR) is 146 cm³/mol. The number of methoxy groups -OCH3 is 1. The molecule has 1 saturated heterocycles. The van der Waals surface area contributed by atoms with Crippen molar-refractivity contribution in [3.05, 3.63) is 47.5 Å². The maximum Gasteiger partial charge on any atom is 0.228 e. The normalized spacial score (nSPS) is 14.4. The van der Waals surface area contributed by atoms with Gasteiger partial charge in [-0.25, -0.2) is 4.98 Å². The van der Waals surface area contributed by atoms with E-state index in [9.17, 15) is 4.79 Å². The Hall–Kier alpha value is -2.13. The first kappa shape index (κ1) is 25.9. The van der Waals surface area contributed by atoms with Crippen molar-refractivity contribution in [2.24, 2.45) is 0 Å². The summed E-state index contributed by atoms with van der Waals surface area (Å²) in [6, 6.07) is 12.4. The molecule has 3 aromatic rings. The van der Waals surface area contributed by atoms with E-state index in [-0.39, 0.29) is 5.91 Å². The van der Waals surface area contributed by atoms with Crippen LogP contribution in [0, 0.1) is 13.8 Å². The number of fused-ring (bicyclic) bond motifs is 1. The summed E-state index contributed by atoms with van der Waals surface area (Å²) in [5, 5.41) is 0.823. The van der Waals surface area contributed by atoms with Crippen LogP contribution in [0.15, 0.2) is 41.3 Å². The van der Waals surface area contributed by atoms with Crippen molar-refractivity contribution in [3.63, 3.8) is 0 Å². The molecule has 1 amide bonds. The van der Waals surface area contributed by atoms with Crippen molar-refractivity contribution in [1.29, 1.82) is 0 Å². The van der Waals surface area contributed by atoms with Gasteiger partial charge in [-0.15, -0.1) is 11.8 Å². The number of carbonyl (C=O) groups excluding carboxylic acids is 1.